The maximum absolute atomic E-state index is 16.8. The number of hydrogen-bond donors (Lipinski definition) is 2. The smallest absolute Gasteiger partial charge is 0.418 e. The zero-order chi connectivity index (χ0) is 32.1. The second-order valence-electron chi connectivity index (χ2n) is 12.9. The van der Waals surface area contributed by atoms with Gasteiger partial charge in [0.05, 0.1) is 38.9 Å². The van der Waals surface area contributed by atoms with Gasteiger partial charge in [0.1, 0.15) is 35.5 Å². The second-order valence-corrected chi connectivity index (χ2v) is 13.2. The number of aliphatic hydroxyl groups is 1. The van der Waals surface area contributed by atoms with Gasteiger partial charge in [0, 0.05) is 45.8 Å². The van der Waals surface area contributed by atoms with Crippen LogP contribution in [0.25, 0.3) is 22.2 Å². The number of nitrogens with two attached hydrogens (primary N) is 1. The molecule has 0 bridgehead atoms. The molecule has 1 spiro atoms. The van der Waals surface area contributed by atoms with Crippen molar-refractivity contribution in [3.63, 3.8) is 0 Å². The molecule has 1 saturated carbocycles. The summed E-state index contributed by atoms with van der Waals surface area (Å²) < 4.78 is 87.0. The quantitative estimate of drug-likeness (QED) is 0.355. The molecule has 3 aromatic rings. The fourth-order valence-corrected chi connectivity index (χ4v) is 7.90. The summed E-state index contributed by atoms with van der Waals surface area (Å²) in [4.78, 5) is 16.7. The minimum Gasteiger partial charge on any atom is -0.485 e. The molecule has 2 aromatic heterocycles. The normalized spacial score (nSPS) is 28.2. The Morgan fingerprint density at radius 1 is 1.18 bits per heavy atom. The largest absolute Gasteiger partial charge is 0.485 e. The Morgan fingerprint density at radius 2 is 1.93 bits per heavy atom. The number of halogens is 6. The van der Waals surface area contributed by atoms with Gasteiger partial charge in [-0.3, -0.25) is 4.90 Å². The first-order chi connectivity index (χ1) is 21.2. The van der Waals surface area contributed by atoms with E-state index in [4.69, 9.17) is 26.8 Å². The molecule has 1 aromatic carbocycles. The molecule has 4 aliphatic rings. The van der Waals surface area contributed by atoms with E-state index >= 15 is 4.39 Å². The fourth-order valence-electron chi connectivity index (χ4n) is 7.60. The number of aromatic nitrogens is 3. The lowest BCUT2D eigenvalue weighted by molar-refractivity contribution is -0.137. The number of alkyl halides is 4. The number of benzene rings is 1. The number of anilines is 2. The fraction of sp³-hybridized carbons (Fsp3) is 0.567. The lowest BCUT2D eigenvalue weighted by atomic mass is 9.74. The molecule has 45 heavy (non-hydrogen) atoms. The van der Waals surface area contributed by atoms with Crippen molar-refractivity contribution in [3.8, 4) is 23.0 Å². The minimum atomic E-state index is -4.93. The van der Waals surface area contributed by atoms with Crippen LogP contribution in [-0.2, 0) is 6.18 Å². The Morgan fingerprint density at radius 3 is 2.64 bits per heavy atom. The third-order valence-electron chi connectivity index (χ3n) is 9.73. The first kappa shape index (κ1) is 30.4. The van der Waals surface area contributed by atoms with Crippen LogP contribution in [-0.4, -0.2) is 81.7 Å². The van der Waals surface area contributed by atoms with E-state index in [0.29, 0.717) is 25.9 Å². The van der Waals surface area contributed by atoms with E-state index in [2.05, 4.69) is 15.0 Å². The lowest BCUT2D eigenvalue weighted by Crippen LogP contribution is -2.53. The molecule has 5 heterocycles. The first-order valence-corrected chi connectivity index (χ1v) is 15.3. The molecule has 1 aliphatic carbocycles. The summed E-state index contributed by atoms with van der Waals surface area (Å²) in [5.74, 6) is -1.35. The van der Waals surface area contributed by atoms with Gasteiger partial charge in [0.25, 0.3) is 0 Å². The van der Waals surface area contributed by atoms with Gasteiger partial charge >= 0.3 is 12.2 Å². The highest BCUT2D eigenvalue weighted by Crippen LogP contribution is 2.53. The van der Waals surface area contributed by atoms with E-state index in [0.717, 1.165) is 19.0 Å². The van der Waals surface area contributed by atoms with Crippen molar-refractivity contribution in [3.05, 3.63) is 28.0 Å². The molecule has 0 amide bonds. The summed E-state index contributed by atoms with van der Waals surface area (Å²) in [6.45, 7) is 2.70. The Balaban J connectivity index is 1.45. The summed E-state index contributed by atoms with van der Waals surface area (Å²) in [6.07, 6.45) is -3.76. The molecular formula is C30H32ClF5N6O3. The molecule has 2 saturated heterocycles. The van der Waals surface area contributed by atoms with Crippen LogP contribution in [0.2, 0.25) is 5.02 Å². The van der Waals surface area contributed by atoms with Crippen molar-refractivity contribution in [2.75, 3.05) is 43.9 Å². The molecule has 2 atom stereocenters. The molecule has 3 aliphatic heterocycles. The van der Waals surface area contributed by atoms with Crippen LogP contribution in [0.4, 0.5) is 33.6 Å². The van der Waals surface area contributed by atoms with Crippen molar-refractivity contribution >= 4 is 34.1 Å². The molecule has 3 N–H and O–H groups in total. The molecule has 0 radical (unpaired) electrons. The topological polar surface area (TPSA) is 110 Å². The van der Waals surface area contributed by atoms with E-state index in [9.17, 15) is 22.7 Å². The Kier molecular flexibility index (Phi) is 7.03. The highest BCUT2D eigenvalue weighted by atomic mass is 35.5. The van der Waals surface area contributed by atoms with Crippen LogP contribution in [0.15, 0.2) is 6.07 Å². The first-order valence-electron chi connectivity index (χ1n) is 14.9. The third-order valence-corrected chi connectivity index (χ3v) is 10.1. The third kappa shape index (κ3) is 4.91. The van der Waals surface area contributed by atoms with E-state index in [1.54, 1.807) is 11.9 Å². The minimum absolute atomic E-state index is 0.0519. The Labute approximate surface area is 260 Å². The number of pyridine rings is 1. The Hall–Kier alpha value is -3.23. The van der Waals surface area contributed by atoms with Gasteiger partial charge in [-0.15, -0.1) is 0 Å². The van der Waals surface area contributed by atoms with Gasteiger partial charge < -0.3 is 25.2 Å². The van der Waals surface area contributed by atoms with Gasteiger partial charge in [0.2, 0.25) is 0 Å². The van der Waals surface area contributed by atoms with E-state index in [1.807, 2.05) is 4.90 Å². The summed E-state index contributed by atoms with van der Waals surface area (Å²) in [6, 6.07) is 0.838. The van der Waals surface area contributed by atoms with Gasteiger partial charge in [0.15, 0.2) is 11.6 Å². The number of hydrogen-bond acceptors (Lipinski definition) is 9. The zero-order valence-electron chi connectivity index (χ0n) is 24.6. The van der Waals surface area contributed by atoms with E-state index < -0.39 is 57.3 Å². The van der Waals surface area contributed by atoms with Crippen molar-refractivity contribution in [2.45, 2.75) is 75.0 Å². The van der Waals surface area contributed by atoms with Crippen molar-refractivity contribution < 1.29 is 36.5 Å². The molecule has 242 valence electrons. The molecule has 7 rings (SSSR count). The Bertz CT molecular complexity index is 1700. The van der Waals surface area contributed by atoms with Crippen LogP contribution in [0.5, 0.6) is 11.8 Å². The summed E-state index contributed by atoms with van der Waals surface area (Å²) in [7, 11) is 1.73. The van der Waals surface area contributed by atoms with Crippen LogP contribution in [0.1, 0.15) is 49.7 Å². The van der Waals surface area contributed by atoms with E-state index in [-0.39, 0.29) is 65.7 Å². The predicted octanol–water partition coefficient (Wildman–Crippen LogP) is 5.46. The highest BCUT2D eigenvalue weighted by molar-refractivity contribution is 6.36. The number of fused-ring (bicyclic) bond motifs is 1. The van der Waals surface area contributed by atoms with Gasteiger partial charge in [-0.05, 0) is 37.9 Å². The average molecular weight is 655 g/mol. The van der Waals surface area contributed by atoms with Crippen LogP contribution in [0.3, 0.4) is 0 Å². The van der Waals surface area contributed by atoms with Crippen LogP contribution >= 0.6 is 11.6 Å². The molecule has 3 fully saturated rings. The number of rotatable bonds is 4. The average Bonchev–Trinajstić information content (AvgIpc) is 3.45. The number of aryl methyl sites for hydroxylation is 1. The second kappa shape index (κ2) is 10.4. The standard InChI is InChI=1S/C30H32ClF5N6O3/c1-14-8-17(37)38-23(20(14)30(34,35)36)18-21(31)25-19-24(22(18)33)39-27(44-13-28-4-3-6-42(28)12-15(32)9-28)40-26(19)41(2)7-5-29(45-25)10-16(43)11-29/h8,15-16,43H,3-7,9-13H2,1-2H3,(H2,37,38)/t15-,16?,28+,29?/m1/s1. The van der Waals surface area contributed by atoms with Gasteiger partial charge in [-0.2, -0.15) is 23.1 Å². The van der Waals surface area contributed by atoms with Gasteiger partial charge in [-0.25, -0.2) is 13.8 Å². The summed E-state index contributed by atoms with van der Waals surface area (Å²) in [5.41, 5.74) is 1.11. The number of nitrogen functional groups attached to an aromatic ring is 1. The van der Waals surface area contributed by atoms with Crippen LogP contribution < -0.4 is 20.1 Å². The lowest BCUT2D eigenvalue weighted by Gasteiger charge is -2.47. The SMILES string of the molecule is Cc1cc(N)nc(-c2c(Cl)c3c4c(nc(OC[C@@]56CCCN5C[C@H](F)C6)nc4c2F)N(C)CCC2(CC(O)C2)O3)c1C(F)(F)F. The molecule has 9 nitrogen and oxygen atoms in total. The number of nitrogens with zero attached hydrogens (tertiary/aromatic N) is 5. The number of ether oxygens (including phenoxy) is 2. The molecule has 15 heteroatoms. The number of aliphatic hydroxyl groups excluding tert-OH is 1. The van der Waals surface area contributed by atoms with Crippen molar-refractivity contribution in [1.82, 2.24) is 19.9 Å². The summed E-state index contributed by atoms with van der Waals surface area (Å²) >= 11 is 6.82. The monoisotopic (exact) mass is 654 g/mol. The maximum Gasteiger partial charge on any atom is 0.418 e. The van der Waals surface area contributed by atoms with Crippen molar-refractivity contribution in [1.29, 1.82) is 0 Å². The molecule has 0 unspecified atom stereocenters. The maximum atomic E-state index is 16.8. The highest BCUT2D eigenvalue weighted by Gasteiger charge is 2.50. The summed E-state index contributed by atoms with van der Waals surface area (Å²) in [5, 5.41) is 9.78. The van der Waals surface area contributed by atoms with E-state index in [1.165, 1.54) is 6.92 Å². The van der Waals surface area contributed by atoms with Crippen molar-refractivity contribution in [2.24, 2.45) is 0 Å². The molecular weight excluding hydrogens is 623 g/mol. The van der Waals surface area contributed by atoms with Gasteiger partial charge in [-0.1, -0.05) is 11.6 Å². The van der Waals surface area contributed by atoms with Crippen LogP contribution in [0, 0.1) is 12.7 Å². The zero-order valence-corrected chi connectivity index (χ0v) is 25.4. The predicted molar refractivity (Wildman–Crippen MR) is 157 cm³/mol.